The minimum Gasteiger partial charge on any atom is -0.415 e. The average molecular weight is 418 g/mol. The van der Waals surface area contributed by atoms with E-state index in [4.69, 9.17) is 20.6 Å². The number of nitro groups is 1. The third kappa shape index (κ3) is 5.12. The lowest BCUT2D eigenvalue weighted by molar-refractivity contribution is -0.480. The number of halogens is 1. The molecule has 3 aromatic carbocycles. The van der Waals surface area contributed by atoms with Crippen molar-refractivity contribution in [3.63, 3.8) is 0 Å². The summed E-state index contributed by atoms with van der Waals surface area (Å²) in [6.07, 6.45) is 0. The fourth-order valence-electron chi connectivity index (χ4n) is 2.62. The minimum absolute atomic E-state index is 0.295. The number of hydrogen-bond donors (Lipinski definition) is 0. The first-order valence-corrected chi connectivity index (χ1v) is 10.4. The highest BCUT2D eigenvalue weighted by Gasteiger charge is 2.44. The van der Waals surface area contributed by atoms with Crippen LogP contribution in [-0.2, 0) is 4.57 Å². The Bertz CT molecular complexity index is 921. The van der Waals surface area contributed by atoms with E-state index in [1.807, 2.05) is 0 Å². The van der Waals surface area contributed by atoms with E-state index in [0.29, 0.717) is 22.1 Å². The van der Waals surface area contributed by atoms with Crippen LogP contribution in [0.3, 0.4) is 0 Å². The first kappa shape index (κ1) is 19.9. The molecular formula is C20H17ClNO5P. The van der Waals surface area contributed by atoms with Gasteiger partial charge in [0.15, 0.2) is 5.66 Å². The van der Waals surface area contributed by atoms with Crippen molar-refractivity contribution in [3.8, 4) is 11.5 Å². The molecule has 0 saturated carbocycles. The maximum Gasteiger partial charge on any atom is 0.444 e. The summed E-state index contributed by atoms with van der Waals surface area (Å²) in [6, 6.07) is 23.2. The van der Waals surface area contributed by atoms with E-state index in [1.54, 1.807) is 84.9 Å². The first-order valence-electron chi connectivity index (χ1n) is 8.42. The molecule has 0 unspecified atom stereocenters. The van der Waals surface area contributed by atoms with Crippen molar-refractivity contribution in [1.29, 1.82) is 0 Å². The van der Waals surface area contributed by atoms with E-state index in [2.05, 4.69) is 0 Å². The number of nitrogens with zero attached hydrogens (tertiary/aromatic N) is 1. The van der Waals surface area contributed by atoms with Gasteiger partial charge in [0.2, 0.25) is 6.54 Å². The lowest BCUT2D eigenvalue weighted by Crippen LogP contribution is -2.18. The second kappa shape index (κ2) is 8.91. The molecule has 3 aromatic rings. The van der Waals surface area contributed by atoms with Gasteiger partial charge >= 0.3 is 7.60 Å². The van der Waals surface area contributed by atoms with E-state index >= 15 is 0 Å². The highest BCUT2D eigenvalue weighted by atomic mass is 35.5. The van der Waals surface area contributed by atoms with Gasteiger partial charge in [-0.05, 0) is 42.0 Å². The predicted octanol–water partition coefficient (Wildman–Crippen LogP) is 6.01. The molecule has 6 nitrogen and oxygen atoms in total. The Kier molecular flexibility index (Phi) is 6.34. The molecule has 0 spiro atoms. The lowest BCUT2D eigenvalue weighted by Gasteiger charge is -2.25. The Hall–Kier alpha value is -2.82. The lowest BCUT2D eigenvalue weighted by atomic mass is 10.1. The highest BCUT2D eigenvalue weighted by molar-refractivity contribution is 7.55. The zero-order chi connectivity index (χ0) is 20.0. The van der Waals surface area contributed by atoms with Crippen LogP contribution in [0.4, 0.5) is 0 Å². The van der Waals surface area contributed by atoms with E-state index < -0.39 is 24.7 Å². The van der Waals surface area contributed by atoms with Gasteiger partial charge in [-0.25, -0.2) is 4.57 Å². The number of hydrogen-bond acceptors (Lipinski definition) is 5. The van der Waals surface area contributed by atoms with Crippen molar-refractivity contribution in [2.24, 2.45) is 0 Å². The van der Waals surface area contributed by atoms with Gasteiger partial charge in [0.25, 0.3) is 0 Å². The van der Waals surface area contributed by atoms with Crippen LogP contribution >= 0.6 is 19.2 Å². The average Bonchev–Trinajstić information content (AvgIpc) is 2.68. The van der Waals surface area contributed by atoms with E-state index in [1.165, 1.54) is 0 Å². The van der Waals surface area contributed by atoms with Crippen molar-refractivity contribution < 1.29 is 18.5 Å². The van der Waals surface area contributed by atoms with Crippen LogP contribution in [-0.4, -0.2) is 11.5 Å². The molecule has 1 atom stereocenters. The van der Waals surface area contributed by atoms with Gasteiger partial charge in [0.05, 0.1) is 0 Å². The summed E-state index contributed by atoms with van der Waals surface area (Å²) in [5.74, 6) is 0.591. The van der Waals surface area contributed by atoms with Crippen molar-refractivity contribution in [1.82, 2.24) is 0 Å². The summed E-state index contributed by atoms with van der Waals surface area (Å²) in [6.45, 7) is -0.626. The molecule has 0 amide bonds. The maximum atomic E-state index is 13.9. The number of benzene rings is 3. The molecular weight excluding hydrogens is 401 g/mol. The van der Waals surface area contributed by atoms with Gasteiger partial charge in [-0.15, -0.1) is 0 Å². The maximum absolute atomic E-state index is 13.9. The summed E-state index contributed by atoms with van der Waals surface area (Å²) in [4.78, 5) is 10.8. The summed E-state index contributed by atoms with van der Waals surface area (Å²) >= 11 is 5.93. The fraction of sp³-hybridized carbons (Fsp3) is 0.100. The standard InChI is InChI=1S/C20H17ClNO5P/c21-17-13-11-16(12-14-17)20(15-22(23)24)28(25,26-18-7-3-1-4-8-18)27-19-9-5-2-6-10-19/h1-14,20H,15H2/t20-/m1/s1. The van der Waals surface area contributed by atoms with Gasteiger partial charge in [-0.1, -0.05) is 60.1 Å². The van der Waals surface area contributed by atoms with E-state index in [-0.39, 0.29) is 0 Å². The Balaban J connectivity index is 2.06. The predicted molar refractivity (Wildman–Crippen MR) is 108 cm³/mol. The van der Waals surface area contributed by atoms with Gasteiger partial charge < -0.3 is 9.05 Å². The Morgan fingerprint density at radius 3 is 1.75 bits per heavy atom. The molecule has 3 rings (SSSR count). The molecule has 0 aliphatic carbocycles. The molecule has 0 aromatic heterocycles. The van der Waals surface area contributed by atoms with Crippen LogP contribution in [0.1, 0.15) is 11.2 Å². The van der Waals surface area contributed by atoms with Crippen molar-refractivity contribution >= 4 is 19.2 Å². The molecule has 0 fully saturated rings. The number of rotatable bonds is 8. The van der Waals surface area contributed by atoms with Crippen LogP contribution in [0.15, 0.2) is 84.9 Å². The molecule has 0 radical (unpaired) electrons. The SMILES string of the molecule is O=[N+]([O-])C[C@H](c1ccc(Cl)cc1)P(=O)(Oc1ccccc1)Oc1ccccc1. The van der Waals surface area contributed by atoms with Crippen molar-refractivity contribution in [2.75, 3.05) is 6.54 Å². The first-order chi connectivity index (χ1) is 13.5. The quantitative estimate of drug-likeness (QED) is 0.255. The topological polar surface area (TPSA) is 78.7 Å². The second-order valence-corrected chi connectivity index (χ2v) is 8.44. The van der Waals surface area contributed by atoms with Crippen LogP contribution in [0.2, 0.25) is 5.02 Å². The highest BCUT2D eigenvalue weighted by Crippen LogP contribution is 2.60. The Labute approximate surface area is 167 Å². The van der Waals surface area contributed by atoms with Crippen LogP contribution < -0.4 is 9.05 Å². The largest absolute Gasteiger partial charge is 0.444 e. The fourth-order valence-corrected chi connectivity index (χ4v) is 4.74. The van der Waals surface area contributed by atoms with Crippen molar-refractivity contribution in [2.45, 2.75) is 5.66 Å². The van der Waals surface area contributed by atoms with Crippen LogP contribution in [0.25, 0.3) is 0 Å². The van der Waals surface area contributed by atoms with Crippen molar-refractivity contribution in [3.05, 3.63) is 106 Å². The smallest absolute Gasteiger partial charge is 0.415 e. The van der Waals surface area contributed by atoms with E-state index in [0.717, 1.165) is 0 Å². The van der Waals surface area contributed by atoms with Gasteiger partial charge in [-0.3, -0.25) is 10.1 Å². The third-order valence-corrected chi connectivity index (χ3v) is 6.32. The minimum atomic E-state index is -4.05. The summed E-state index contributed by atoms with van der Waals surface area (Å²) in [5.41, 5.74) is -0.684. The molecule has 0 bridgehead atoms. The Morgan fingerprint density at radius 2 is 1.32 bits per heavy atom. The molecule has 28 heavy (non-hydrogen) atoms. The molecule has 0 heterocycles. The molecule has 0 saturated heterocycles. The molecule has 0 aliphatic rings. The molecule has 0 aliphatic heterocycles. The summed E-state index contributed by atoms with van der Waals surface area (Å²) < 4.78 is 25.4. The van der Waals surface area contributed by atoms with Crippen LogP contribution in [0, 0.1) is 10.1 Å². The monoisotopic (exact) mass is 417 g/mol. The summed E-state index contributed by atoms with van der Waals surface area (Å²) in [7, 11) is -4.05. The van der Waals surface area contributed by atoms with Gasteiger partial charge in [0.1, 0.15) is 11.5 Å². The molecule has 0 N–H and O–H groups in total. The van der Waals surface area contributed by atoms with Gasteiger partial charge in [0, 0.05) is 9.95 Å². The Morgan fingerprint density at radius 1 is 0.857 bits per heavy atom. The second-order valence-electron chi connectivity index (χ2n) is 5.93. The molecule has 8 heteroatoms. The number of para-hydroxylation sites is 2. The third-order valence-electron chi connectivity index (χ3n) is 3.91. The zero-order valence-electron chi connectivity index (χ0n) is 14.7. The zero-order valence-corrected chi connectivity index (χ0v) is 16.3. The van der Waals surface area contributed by atoms with E-state index in [9.17, 15) is 14.7 Å². The normalized spacial score (nSPS) is 12.2. The van der Waals surface area contributed by atoms with Crippen LogP contribution in [0.5, 0.6) is 11.5 Å². The molecule has 144 valence electrons. The summed E-state index contributed by atoms with van der Waals surface area (Å²) in [5, 5.41) is 11.8. The van der Waals surface area contributed by atoms with Gasteiger partial charge in [-0.2, -0.15) is 0 Å².